The number of nitrogens with one attached hydrogen (secondary N) is 2. The van der Waals surface area contributed by atoms with Gasteiger partial charge in [-0.05, 0) is 60.2 Å². The molecule has 5 rings (SSSR count). The Hall–Kier alpha value is -4.12. The van der Waals surface area contributed by atoms with Crippen molar-refractivity contribution in [2.45, 2.75) is 10.1 Å². The fraction of sp³-hybridized carbons (Fsp3) is 0.0938. The van der Waals surface area contributed by atoms with Crippen LogP contribution in [0.1, 0.15) is 21.2 Å². The second-order valence-electron chi connectivity index (χ2n) is 8.99. The van der Waals surface area contributed by atoms with Crippen molar-refractivity contribution in [3.8, 4) is 22.8 Å². The molecule has 0 saturated heterocycles. The highest BCUT2D eigenvalue weighted by Crippen LogP contribution is 2.37. The predicted octanol–water partition coefficient (Wildman–Crippen LogP) is 8.31. The first-order chi connectivity index (χ1) is 20.4. The normalized spacial score (nSPS) is 11.4. The average Bonchev–Trinajstić information content (AvgIpc) is 3.49. The van der Waals surface area contributed by atoms with Gasteiger partial charge in [-0.3, -0.25) is 9.59 Å². The number of amides is 2. The number of methoxy groups -OCH3 is 2. The van der Waals surface area contributed by atoms with Crippen molar-refractivity contribution in [3.05, 3.63) is 118 Å². The molecule has 42 heavy (non-hydrogen) atoms. The van der Waals surface area contributed by atoms with E-state index in [0.29, 0.717) is 27.9 Å². The number of anilines is 2. The summed E-state index contributed by atoms with van der Waals surface area (Å²) in [4.78, 5) is 31.9. The highest BCUT2D eigenvalue weighted by molar-refractivity contribution is 9.10. The summed E-state index contributed by atoms with van der Waals surface area (Å²) in [5.41, 5.74) is 3.72. The van der Waals surface area contributed by atoms with Crippen LogP contribution in [0.25, 0.3) is 11.3 Å². The topological polar surface area (TPSA) is 89.5 Å². The number of benzene rings is 4. The van der Waals surface area contributed by atoms with Crippen molar-refractivity contribution in [1.82, 2.24) is 4.98 Å². The molecule has 0 aliphatic rings. The molecule has 0 spiro atoms. The minimum absolute atomic E-state index is 0.172. The van der Waals surface area contributed by atoms with Crippen molar-refractivity contribution in [2.75, 3.05) is 24.9 Å². The summed E-state index contributed by atoms with van der Waals surface area (Å²) in [5.74, 6) is 0.578. The minimum Gasteiger partial charge on any atom is -0.493 e. The summed E-state index contributed by atoms with van der Waals surface area (Å²) in [6, 6.07) is 29.9. The molecule has 0 saturated carbocycles. The van der Waals surface area contributed by atoms with E-state index in [1.165, 1.54) is 30.2 Å². The van der Waals surface area contributed by atoms with Crippen molar-refractivity contribution in [3.63, 3.8) is 0 Å². The predicted molar refractivity (Wildman–Crippen MR) is 173 cm³/mol. The third-order valence-corrected chi connectivity index (χ3v) is 8.78. The Bertz CT molecular complexity index is 1680. The number of carbonyl (C=O) groups is 2. The van der Waals surface area contributed by atoms with Crippen molar-refractivity contribution >= 4 is 61.7 Å². The minimum atomic E-state index is -0.515. The van der Waals surface area contributed by atoms with Crippen LogP contribution in [0, 0.1) is 0 Å². The van der Waals surface area contributed by atoms with Crippen LogP contribution in [-0.2, 0) is 4.79 Å². The summed E-state index contributed by atoms with van der Waals surface area (Å²) >= 11 is 6.26. The molecule has 0 fully saturated rings. The molecule has 1 heterocycles. The van der Waals surface area contributed by atoms with Gasteiger partial charge >= 0.3 is 0 Å². The van der Waals surface area contributed by atoms with E-state index in [1.54, 1.807) is 25.3 Å². The molecule has 2 N–H and O–H groups in total. The molecule has 5 aromatic rings. The van der Waals surface area contributed by atoms with Crippen LogP contribution >= 0.6 is 39.0 Å². The SMILES string of the molecule is COc1ccc(C(=O)Nc2ccc(SC(C(=O)Nc3nc(-c4ccc(Br)cc4)cs3)c3ccccc3)cc2)cc1OC. The zero-order valence-electron chi connectivity index (χ0n) is 22.7. The van der Waals surface area contributed by atoms with Gasteiger partial charge in [0, 0.05) is 31.6 Å². The molecule has 0 aliphatic heterocycles. The summed E-state index contributed by atoms with van der Waals surface area (Å²) in [6.07, 6.45) is 0. The highest BCUT2D eigenvalue weighted by atomic mass is 79.9. The first-order valence-corrected chi connectivity index (χ1v) is 15.4. The van der Waals surface area contributed by atoms with Gasteiger partial charge in [0.1, 0.15) is 5.25 Å². The highest BCUT2D eigenvalue weighted by Gasteiger charge is 2.23. The van der Waals surface area contributed by atoms with Crippen LogP contribution in [0.5, 0.6) is 11.5 Å². The number of aromatic nitrogens is 1. The summed E-state index contributed by atoms with van der Waals surface area (Å²) < 4.78 is 11.5. The van der Waals surface area contributed by atoms with E-state index in [1.807, 2.05) is 84.2 Å². The lowest BCUT2D eigenvalue weighted by atomic mass is 10.1. The van der Waals surface area contributed by atoms with E-state index >= 15 is 0 Å². The van der Waals surface area contributed by atoms with E-state index < -0.39 is 5.25 Å². The third-order valence-electron chi connectivity index (χ3n) is 6.23. The van der Waals surface area contributed by atoms with Gasteiger partial charge in [-0.25, -0.2) is 4.98 Å². The molecule has 0 bridgehead atoms. The molecule has 0 aliphatic carbocycles. The van der Waals surface area contributed by atoms with E-state index in [9.17, 15) is 9.59 Å². The molecule has 4 aromatic carbocycles. The Balaban J connectivity index is 1.28. The first-order valence-electron chi connectivity index (χ1n) is 12.8. The van der Waals surface area contributed by atoms with Crippen LogP contribution in [0.4, 0.5) is 10.8 Å². The number of rotatable bonds is 10. The van der Waals surface area contributed by atoms with E-state index in [2.05, 4.69) is 31.5 Å². The van der Waals surface area contributed by atoms with Crippen LogP contribution < -0.4 is 20.1 Å². The van der Waals surface area contributed by atoms with Crippen molar-refractivity contribution in [1.29, 1.82) is 0 Å². The zero-order valence-corrected chi connectivity index (χ0v) is 25.9. The number of hydrogen-bond donors (Lipinski definition) is 2. The second kappa shape index (κ2) is 13.7. The lowest BCUT2D eigenvalue weighted by Gasteiger charge is -2.16. The molecule has 0 radical (unpaired) electrons. The van der Waals surface area contributed by atoms with Gasteiger partial charge in [-0.15, -0.1) is 23.1 Å². The fourth-order valence-corrected chi connectivity index (χ4v) is 6.10. The fourth-order valence-electron chi connectivity index (χ4n) is 4.09. The molecular weight excluding hydrogens is 634 g/mol. The maximum atomic E-state index is 13.5. The van der Waals surface area contributed by atoms with Crippen molar-refractivity contribution < 1.29 is 19.1 Å². The monoisotopic (exact) mass is 659 g/mol. The average molecular weight is 661 g/mol. The van der Waals surface area contributed by atoms with Crippen LogP contribution in [0.2, 0.25) is 0 Å². The van der Waals surface area contributed by atoms with Gasteiger partial charge in [0.25, 0.3) is 5.91 Å². The van der Waals surface area contributed by atoms with E-state index in [4.69, 9.17) is 9.47 Å². The molecule has 7 nitrogen and oxygen atoms in total. The number of halogens is 1. The molecule has 2 amide bonds. The Morgan fingerprint density at radius 1 is 0.857 bits per heavy atom. The zero-order chi connectivity index (χ0) is 29.5. The Labute approximate surface area is 260 Å². The summed E-state index contributed by atoms with van der Waals surface area (Å²) in [5, 5.41) is 7.85. The Morgan fingerprint density at radius 3 is 2.26 bits per heavy atom. The number of hydrogen-bond acceptors (Lipinski definition) is 7. The van der Waals surface area contributed by atoms with E-state index in [-0.39, 0.29) is 11.8 Å². The van der Waals surface area contributed by atoms with Gasteiger partial charge in [-0.2, -0.15) is 0 Å². The number of ether oxygens (including phenoxy) is 2. The maximum absolute atomic E-state index is 13.5. The molecule has 10 heteroatoms. The van der Waals surface area contributed by atoms with Gasteiger partial charge < -0.3 is 20.1 Å². The Kier molecular flexibility index (Phi) is 9.58. The summed E-state index contributed by atoms with van der Waals surface area (Å²) in [7, 11) is 3.07. The van der Waals surface area contributed by atoms with Crippen molar-refractivity contribution in [2.24, 2.45) is 0 Å². The Morgan fingerprint density at radius 2 is 1.57 bits per heavy atom. The van der Waals surface area contributed by atoms with Crippen LogP contribution in [0.15, 0.2) is 112 Å². The standard InChI is InChI=1S/C32H26BrN3O4S2/c1-39-27-17-10-22(18-28(27)40-2)30(37)34-24-13-15-25(16-14-24)42-29(21-6-4-3-5-7-21)31(38)36-32-35-26(19-41-32)20-8-11-23(33)12-9-20/h3-19,29H,1-2H3,(H,34,37)(H,35,36,38). The van der Waals surface area contributed by atoms with Gasteiger partial charge in [-0.1, -0.05) is 58.4 Å². The summed E-state index contributed by atoms with van der Waals surface area (Å²) in [6.45, 7) is 0. The molecule has 1 atom stereocenters. The molecule has 212 valence electrons. The maximum Gasteiger partial charge on any atom is 0.255 e. The molecule has 1 unspecified atom stereocenters. The number of carbonyl (C=O) groups excluding carboxylic acids is 2. The van der Waals surface area contributed by atoms with Gasteiger partial charge in [0.2, 0.25) is 5.91 Å². The quantitative estimate of drug-likeness (QED) is 0.147. The van der Waals surface area contributed by atoms with Gasteiger partial charge in [0.15, 0.2) is 16.6 Å². The molecular formula is C32H26BrN3O4S2. The lowest BCUT2D eigenvalue weighted by molar-refractivity contribution is -0.115. The first kappa shape index (κ1) is 29.4. The number of thioether (sulfide) groups is 1. The van der Waals surface area contributed by atoms with E-state index in [0.717, 1.165) is 26.2 Å². The smallest absolute Gasteiger partial charge is 0.255 e. The third kappa shape index (κ3) is 7.20. The van der Waals surface area contributed by atoms with Gasteiger partial charge in [0.05, 0.1) is 19.9 Å². The van der Waals surface area contributed by atoms with Crippen LogP contribution in [0.3, 0.4) is 0 Å². The largest absolute Gasteiger partial charge is 0.493 e. The van der Waals surface area contributed by atoms with Crippen LogP contribution in [-0.4, -0.2) is 31.0 Å². The number of thiazole rings is 1. The number of nitrogens with zero attached hydrogens (tertiary/aromatic N) is 1. The molecule has 1 aromatic heterocycles. The lowest BCUT2D eigenvalue weighted by Crippen LogP contribution is -2.19. The second-order valence-corrected chi connectivity index (χ2v) is 11.9.